The normalized spacial score (nSPS) is 28.8. The molecule has 3 atom stereocenters. The Kier molecular flexibility index (Phi) is 3.92. The summed E-state index contributed by atoms with van der Waals surface area (Å²) in [5.74, 6) is -1.59. The van der Waals surface area contributed by atoms with Crippen LogP contribution in [0.15, 0.2) is 30.3 Å². The fourth-order valence-corrected chi connectivity index (χ4v) is 3.25. The topological polar surface area (TPSA) is 66.8 Å². The number of aliphatic carboxylic acids is 1. The van der Waals surface area contributed by atoms with Gasteiger partial charge in [0.05, 0.1) is 5.92 Å². The highest BCUT2D eigenvalue weighted by Gasteiger charge is 2.42. The third kappa shape index (κ3) is 2.78. The number of ether oxygens (including phenoxy) is 1. The third-order valence-corrected chi connectivity index (χ3v) is 4.38. The summed E-state index contributed by atoms with van der Waals surface area (Å²) in [5, 5.41) is 9.44. The van der Waals surface area contributed by atoms with Crippen LogP contribution in [0.5, 0.6) is 0 Å². The third-order valence-electron chi connectivity index (χ3n) is 4.38. The van der Waals surface area contributed by atoms with Crippen LogP contribution in [0.25, 0.3) is 0 Å². The minimum atomic E-state index is -0.841. The number of amides is 1. The molecule has 2 saturated heterocycles. The zero-order chi connectivity index (χ0) is 14.8. The van der Waals surface area contributed by atoms with Gasteiger partial charge in [0.15, 0.2) is 0 Å². The van der Waals surface area contributed by atoms with E-state index in [1.54, 1.807) is 4.90 Å². The van der Waals surface area contributed by atoms with Crippen LogP contribution in [-0.2, 0) is 14.3 Å². The molecule has 112 valence electrons. The summed E-state index contributed by atoms with van der Waals surface area (Å²) in [7, 11) is 0. The molecule has 0 saturated carbocycles. The van der Waals surface area contributed by atoms with E-state index in [1.807, 2.05) is 30.3 Å². The lowest BCUT2D eigenvalue weighted by Gasteiger charge is -2.20. The molecule has 2 fully saturated rings. The molecule has 0 radical (unpaired) electrons. The van der Waals surface area contributed by atoms with Crippen molar-refractivity contribution in [3.05, 3.63) is 35.9 Å². The van der Waals surface area contributed by atoms with Crippen molar-refractivity contribution in [3.8, 4) is 0 Å². The van der Waals surface area contributed by atoms with Crippen molar-refractivity contribution in [3.63, 3.8) is 0 Å². The quantitative estimate of drug-likeness (QED) is 0.915. The molecule has 0 aliphatic carbocycles. The fraction of sp³-hybridized carbons (Fsp3) is 0.500. The van der Waals surface area contributed by atoms with Gasteiger partial charge in [-0.2, -0.15) is 0 Å². The highest BCUT2D eigenvalue weighted by Crippen LogP contribution is 2.33. The second-order valence-electron chi connectivity index (χ2n) is 5.71. The molecule has 1 N–H and O–H groups in total. The molecule has 1 aromatic carbocycles. The van der Waals surface area contributed by atoms with Gasteiger partial charge >= 0.3 is 5.97 Å². The van der Waals surface area contributed by atoms with Crippen LogP contribution in [0.1, 0.15) is 24.3 Å². The first-order valence-electron chi connectivity index (χ1n) is 7.35. The molecule has 0 spiro atoms. The van der Waals surface area contributed by atoms with Crippen LogP contribution in [0.3, 0.4) is 0 Å². The molecule has 5 heteroatoms. The second kappa shape index (κ2) is 5.85. The van der Waals surface area contributed by atoms with Crippen molar-refractivity contribution in [1.82, 2.24) is 4.90 Å². The Labute approximate surface area is 123 Å². The Bertz CT molecular complexity index is 524. The van der Waals surface area contributed by atoms with Gasteiger partial charge in [0.2, 0.25) is 0 Å². The molecule has 2 aliphatic rings. The fourth-order valence-electron chi connectivity index (χ4n) is 3.25. The Morgan fingerprint density at radius 1 is 1.19 bits per heavy atom. The van der Waals surface area contributed by atoms with Gasteiger partial charge in [0.1, 0.15) is 6.10 Å². The number of carboxylic acid groups (broad SMARTS) is 1. The maximum atomic E-state index is 12.4. The van der Waals surface area contributed by atoms with Crippen molar-refractivity contribution < 1.29 is 19.4 Å². The predicted molar refractivity (Wildman–Crippen MR) is 75.9 cm³/mol. The molecular weight excluding hydrogens is 270 g/mol. The van der Waals surface area contributed by atoms with E-state index >= 15 is 0 Å². The second-order valence-corrected chi connectivity index (χ2v) is 5.71. The molecular formula is C16H19NO4. The van der Waals surface area contributed by atoms with Gasteiger partial charge < -0.3 is 14.7 Å². The molecule has 2 aliphatic heterocycles. The van der Waals surface area contributed by atoms with Gasteiger partial charge in [0.25, 0.3) is 5.91 Å². The number of nitrogens with zero attached hydrogens (tertiary/aromatic N) is 1. The van der Waals surface area contributed by atoms with E-state index < -0.39 is 11.9 Å². The van der Waals surface area contributed by atoms with Crippen LogP contribution in [0.2, 0.25) is 0 Å². The summed E-state index contributed by atoms with van der Waals surface area (Å²) in [4.78, 5) is 25.6. The molecule has 0 bridgehead atoms. The minimum absolute atomic E-state index is 0.0582. The zero-order valence-corrected chi connectivity index (χ0v) is 11.8. The van der Waals surface area contributed by atoms with Gasteiger partial charge in [0, 0.05) is 25.6 Å². The van der Waals surface area contributed by atoms with Crippen molar-refractivity contribution in [2.24, 2.45) is 5.92 Å². The maximum Gasteiger partial charge on any atom is 0.308 e. The van der Waals surface area contributed by atoms with Crippen molar-refractivity contribution in [1.29, 1.82) is 0 Å². The van der Waals surface area contributed by atoms with E-state index in [2.05, 4.69) is 0 Å². The Morgan fingerprint density at radius 2 is 1.95 bits per heavy atom. The smallest absolute Gasteiger partial charge is 0.308 e. The van der Waals surface area contributed by atoms with E-state index in [4.69, 9.17) is 4.74 Å². The number of carbonyl (C=O) groups excluding carboxylic acids is 1. The SMILES string of the molecule is O=C(O)[C@@H]1CN(C(=O)C2CCCO2)C[C@@H]1c1ccccc1. The van der Waals surface area contributed by atoms with E-state index in [1.165, 1.54) is 0 Å². The number of hydrogen-bond donors (Lipinski definition) is 1. The first-order chi connectivity index (χ1) is 10.2. The number of hydrogen-bond acceptors (Lipinski definition) is 3. The number of carboxylic acids is 1. The van der Waals surface area contributed by atoms with Crippen LogP contribution >= 0.6 is 0 Å². The standard InChI is InChI=1S/C16H19NO4/c18-15(14-7-4-8-21-14)17-9-12(13(10-17)16(19)20)11-5-2-1-3-6-11/h1-3,5-6,12-14H,4,7-10H2,(H,19,20)/t12-,13-,14?/m1/s1. The van der Waals surface area contributed by atoms with Gasteiger partial charge in [-0.3, -0.25) is 9.59 Å². The van der Waals surface area contributed by atoms with Crippen molar-refractivity contribution in [2.75, 3.05) is 19.7 Å². The maximum absolute atomic E-state index is 12.4. The lowest BCUT2D eigenvalue weighted by Crippen LogP contribution is -2.37. The van der Waals surface area contributed by atoms with Crippen LogP contribution in [0.4, 0.5) is 0 Å². The first-order valence-corrected chi connectivity index (χ1v) is 7.35. The molecule has 2 heterocycles. The summed E-state index contributed by atoms with van der Waals surface area (Å²) in [5.41, 5.74) is 0.979. The van der Waals surface area contributed by atoms with Gasteiger partial charge in [-0.25, -0.2) is 0 Å². The van der Waals surface area contributed by atoms with Gasteiger partial charge in [-0.15, -0.1) is 0 Å². The zero-order valence-electron chi connectivity index (χ0n) is 11.8. The van der Waals surface area contributed by atoms with E-state index in [9.17, 15) is 14.7 Å². The lowest BCUT2D eigenvalue weighted by atomic mass is 9.89. The number of carbonyl (C=O) groups is 2. The van der Waals surface area contributed by atoms with Gasteiger partial charge in [-0.05, 0) is 18.4 Å². The van der Waals surface area contributed by atoms with Gasteiger partial charge in [-0.1, -0.05) is 30.3 Å². The number of rotatable bonds is 3. The molecule has 5 nitrogen and oxygen atoms in total. The van der Waals surface area contributed by atoms with Crippen molar-refractivity contribution in [2.45, 2.75) is 24.9 Å². The van der Waals surface area contributed by atoms with Crippen LogP contribution in [0, 0.1) is 5.92 Å². The highest BCUT2D eigenvalue weighted by molar-refractivity contribution is 5.83. The summed E-state index contributed by atoms with van der Waals surface area (Å²) in [6.07, 6.45) is 1.26. The summed E-state index contributed by atoms with van der Waals surface area (Å²) in [6.45, 7) is 1.35. The highest BCUT2D eigenvalue weighted by atomic mass is 16.5. The lowest BCUT2D eigenvalue weighted by molar-refractivity contribution is -0.143. The van der Waals surface area contributed by atoms with E-state index in [0.717, 1.165) is 18.4 Å². The summed E-state index contributed by atoms with van der Waals surface area (Å²) >= 11 is 0. The van der Waals surface area contributed by atoms with Crippen LogP contribution < -0.4 is 0 Å². The van der Waals surface area contributed by atoms with E-state index in [0.29, 0.717) is 13.2 Å². The Morgan fingerprint density at radius 3 is 2.57 bits per heavy atom. The van der Waals surface area contributed by atoms with E-state index in [-0.39, 0.29) is 24.5 Å². The molecule has 1 amide bonds. The van der Waals surface area contributed by atoms with Crippen molar-refractivity contribution >= 4 is 11.9 Å². The molecule has 3 rings (SSSR count). The average molecular weight is 289 g/mol. The summed E-state index contributed by atoms with van der Waals surface area (Å²) in [6, 6.07) is 9.57. The minimum Gasteiger partial charge on any atom is -0.481 e. The summed E-state index contributed by atoms with van der Waals surface area (Å²) < 4.78 is 5.43. The molecule has 0 aromatic heterocycles. The number of benzene rings is 1. The molecule has 21 heavy (non-hydrogen) atoms. The Balaban J connectivity index is 1.78. The monoisotopic (exact) mass is 289 g/mol. The average Bonchev–Trinajstić information content (AvgIpc) is 3.17. The number of likely N-dealkylation sites (tertiary alicyclic amines) is 1. The van der Waals surface area contributed by atoms with Crippen LogP contribution in [-0.4, -0.2) is 47.7 Å². The first kappa shape index (κ1) is 14.1. The molecule has 1 unspecified atom stereocenters. The Hall–Kier alpha value is -1.88. The predicted octanol–water partition coefficient (Wildman–Crippen LogP) is 1.49. The largest absolute Gasteiger partial charge is 0.481 e. The molecule has 1 aromatic rings.